The van der Waals surface area contributed by atoms with Gasteiger partial charge in [-0.1, -0.05) is 6.92 Å². The molecule has 0 spiro atoms. The molecule has 2 saturated heterocycles. The van der Waals surface area contributed by atoms with Crippen molar-refractivity contribution < 1.29 is 9.59 Å². The summed E-state index contributed by atoms with van der Waals surface area (Å²) in [7, 11) is 0. The minimum Gasteiger partial charge on any atom is -0.339 e. The van der Waals surface area contributed by atoms with E-state index in [-0.39, 0.29) is 11.9 Å². The van der Waals surface area contributed by atoms with Crippen molar-refractivity contribution in [3.8, 4) is 0 Å². The maximum absolute atomic E-state index is 12.4. The third-order valence-electron chi connectivity index (χ3n) is 4.35. The Kier molecular flexibility index (Phi) is 3.82. The summed E-state index contributed by atoms with van der Waals surface area (Å²) in [6.07, 6.45) is 2.16. The number of hydrogen-bond donors (Lipinski definition) is 1. The van der Waals surface area contributed by atoms with Crippen molar-refractivity contribution in [3.05, 3.63) is 29.8 Å². The molecule has 2 heterocycles. The van der Waals surface area contributed by atoms with Gasteiger partial charge in [0.1, 0.15) is 0 Å². The standard InChI is InChI=1S/C16H21N3O2/c1-12-6-9-18(10-7-12)15(20)13-2-4-14(5-3-13)19-11-8-17-16(19)21/h2-5,12H,6-11H2,1H3,(H,17,21). The van der Waals surface area contributed by atoms with Crippen molar-refractivity contribution in [1.82, 2.24) is 10.2 Å². The van der Waals surface area contributed by atoms with E-state index in [0.717, 1.165) is 31.6 Å². The maximum atomic E-state index is 12.4. The average Bonchev–Trinajstić information content (AvgIpc) is 2.94. The van der Waals surface area contributed by atoms with E-state index in [9.17, 15) is 9.59 Å². The Morgan fingerprint density at radius 2 is 1.81 bits per heavy atom. The predicted octanol–water partition coefficient (Wildman–Crippen LogP) is 2.09. The van der Waals surface area contributed by atoms with E-state index in [1.165, 1.54) is 0 Å². The highest BCUT2D eigenvalue weighted by molar-refractivity contribution is 5.97. The van der Waals surface area contributed by atoms with Crippen LogP contribution in [-0.4, -0.2) is 43.0 Å². The Morgan fingerprint density at radius 1 is 1.14 bits per heavy atom. The number of hydrogen-bond acceptors (Lipinski definition) is 2. The lowest BCUT2D eigenvalue weighted by Crippen LogP contribution is -2.37. The van der Waals surface area contributed by atoms with E-state index < -0.39 is 0 Å². The number of anilines is 1. The molecule has 5 heteroatoms. The van der Waals surface area contributed by atoms with Gasteiger partial charge in [-0.15, -0.1) is 0 Å². The van der Waals surface area contributed by atoms with Crippen LogP contribution in [0.4, 0.5) is 10.5 Å². The monoisotopic (exact) mass is 287 g/mol. The van der Waals surface area contributed by atoms with Gasteiger partial charge in [0.15, 0.2) is 0 Å². The first-order chi connectivity index (χ1) is 10.1. The van der Waals surface area contributed by atoms with Crippen LogP contribution in [0.5, 0.6) is 0 Å². The number of piperidine rings is 1. The normalized spacial score (nSPS) is 19.8. The van der Waals surface area contributed by atoms with Crippen LogP contribution >= 0.6 is 0 Å². The minimum absolute atomic E-state index is 0.0703. The molecule has 5 nitrogen and oxygen atoms in total. The minimum atomic E-state index is -0.0703. The van der Waals surface area contributed by atoms with Crippen molar-refractivity contribution in [1.29, 1.82) is 0 Å². The first-order valence-corrected chi connectivity index (χ1v) is 7.60. The summed E-state index contributed by atoms with van der Waals surface area (Å²) in [5.74, 6) is 0.810. The van der Waals surface area contributed by atoms with Gasteiger partial charge in [0.05, 0.1) is 0 Å². The largest absolute Gasteiger partial charge is 0.339 e. The van der Waals surface area contributed by atoms with Crippen LogP contribution < -0.4 is 10.2 Å². The summed E-state index contributed by atoms with van der Waals surface area (Å²) in [4.78, 5) is 27.7. The third kappa shape index (κ3) is 2.86. The summed E-state index contributed by atoms with van der Waals surface area (Å²) < 4.78 is 0. The lowest BCUT2D eigenvalue weighted by molar-refractivity contribution is 0.0697. The van der Waals surface area contributed by atoms with E-state index in [1.54, 1.807) is 4.90 Å². The number of carbonyl (C=O) groups is 2. The molecule has 0 radical (unpaired) electrons. The fraction of sp³-hybridized carbons (Fsp3) is 0.500. The molecule has 0 aliphatic carbocycles. The smallest absolute Gasteiger partial charge is 0.321 e. The Labute approximate surface area is 124 Å². The Bertz CT molecular complexity index is 533. The van der Waals surface area contributed by atoms with E-state index in [2.05, 4.69) is 12.2 Å². The second kappa shape index (κ2) is 5.76. The van der Waals surface area contributed by atoms with E-state index in [4.69, 9.17) is 0 Å². The predicted molar refractivity (Wildman–Crippen MR) is 81.5 cm³/mol. The molecule has 1 aromatic carbocycles. The summed E-state index contributed by atoms with van der Waals surface area (Å²) >= 11 is 0. The summed E-state index contributed by atoms with van der Waals surface area (Å²) in [5.41, 5.74) is 1.54. The van der Waals surface area contributed by atoms with Crippen LogP contribution in [0.1, 0.15) is 30.1 Å². The van der Waals surface area contributed by atoms with Crippen LogP contribution in [-0.2, 0) is 0 Å². The number of nitrogens with one attached hydrogen (secondary N) is 1. The summed E-state index contributed by atoms with van der Waals surface area (Å²) in [6.45, 7) is 5.27. The van der Waals surface area contributed by atoms with Crippen LogP contribution in [0.15, 0.2) is 24.3 Å². The summed E-state index contributed by atoms with van der Waals surface area (Å²) in [6, 6.07) is 7.27. The van der Waals surface area contributed by atoms with Crippen molar-refractivity contribution in [3.63, 3.8) is 0 Å². The van der Waals surface area contributed by atoms with E-state index >= 15 is 0 Å². The number of carbonyl (C=O) groups excluding carboxylic acids is 2. The van der Waals surface area contributed by atoms with Crippen LogP contribution in [0.3, 0.4) is 0 Å². The molecule has 0 bridgehead atoms. The van der Waals surface area contributed by atoms with Gasteiger partial charge in [0.2, 0.25) is 0 Å². The van der Waals surface area contributed by atoms with Gasteiger partial charge in [-0.25, -0.2) is 4.79 Å². The first-order valence-electron chi connectivity index (χ1n) is 7.60. The Balaban J connectivity index is 1.69. The number of benzene rings is 1. The maximum Gasteiger partial charge on any atom is 0.321 e. The van der Waals surface area contributed by atoms with Crippen molar-refractivity contribution in [2.24, 2.45) is 5.92 Å². The van der Waals surface area contributed by atoms with Gasteiger partial charge in [-0.05, 0) is 43.0 Å². The van der Waals surface area contributed by atoms with Gasteiger partial charge in [0, 0.05) is 37.4 Å². The molecule has 112 valence electrons. The molecule has 2 aliphatic rings. The number of likely N-dealkylation sites (tertiary alicyclic amines) is 1. The SMILES string of the molecule is CC1CCN(C(=O)c2ccc(N3CCNC3=O)cc2)CC1. The molecule has 3 amide bonds. The zero-order chi connectivity index (χ0) is 14.8. The third-order valence-corrected chi connectivity index (χ3v) is 4.35. The first kappa shape index (κ1) is 13.9. The average molecular weight is 287 g/mol. The molecule has 0 aromatic heterocycles. The van der Waals surface area contributed by atoms with E-state index in [1.807, 2.05) is 29.2 Å². The zero-order valence-corrected chi connectivity index (χ0v) is 12.3. The lowest BCUT2D eigenvalue weighted by Gasteiger charge is -2.30. The highest BCUT2D eigenvalue weighted by Gasteiger charge is 2.23. The number of urea groups is 1. The van der Waals surface area contributed by atoms with Gasteiger partial charge in [-0.2, -0.15) is 0 Å². The van der Waals surface area contributed by atoms with E-state index in [0.29, 0.717) is 24.6 Å². The number of amides is 3. The van der Waals surface area contributed by atoms with Gasteiger partial charge in [-0.3, -0.25) is 9.69 Å². The molecule has 0 unspecified atom stereocenters. The fourth-order valence-electron chi connectivity index (χ4n) is 2.90. The number of rotatable bonds is 2. The zero-order valence-electron chi connectivity index (χ0n) is 12.3. The highest BCUT2D eigenvalue weighted by Crippen LogP contribution is 2.21. The molecule has 2 aliphatic heterocycles. The Hall–Kier alpha value is -2.04. The molecule has 21 heavy (non-hydrogen) atoms. The van der Waals surface area contributed by atoms with Gasteiger partial charge < -0.3 is 10.2 Å². The van der Waals surface area contributed by atoms with Crippen molar-refractivity contribution >= 4 is 17.6 Å². The van der Waals surface area contributed by atoms with Crippen LogP contribution in [0.2, 0.25) is 0 Å². The topological polar surface area (TPSA) is 52.7 Å². The second-order valence-corrected chi connectivity index (χ2v) is 5.91. The quantitative estimate of drug-likeness (QED) is 0.905. The molecule has 1 N–H and O–H groups in total. The van der Waals surface area contributed by atoms with Gasteiger partial charge >= 0.3 is 6.03 Å². The van der Waals surface area contributed by atoms with Crippen LogP contribution in [0, 0.1) is 5.92 Å². The lowest BCUT2D eigenvalue weighted by atomic mass is 9.98. The van der Waals surface area contributed by atoms with Crippen LogP contribution in [0.25, 0.3) is 0 Å². The Morgan fingerprint density at radius 3 is 2.38 bits per heavy atom. The molecule has 0 saturated carbocycles. The molecule has 3 rings (SSSR count). The molecular formula is C16H21N3O2. The molecule has 1 aromatic rings. The molecule has 2 fully saturated rings. The summed E-state index contributed by atoms with van der Waals surface area (Å²) in [5, 5.41) is 2.77. The van der Waals surface area contributed by atoms with Crippen molar-refractivity contribution in [2.75, 3.05) is 31.1 Å². The molecule has 0 atom stereocenters. The fourth-order valence-corrected chi connectivity index (χ4v) is 2.90. The molecular weight excluding hydrogens is 266 g/mol. The highest BCUT2D eigenvalue weighted by atomic mass is 16.2. The van der Waals surface area contributed by atoms with Crippen molar-refractivity contribution in [2.45, 2.75) is 19.8 Å². The second-order valence-electron chi connectivity index (χ2n) is 5.91. The number of nitrogens with zero attached hydrogens (tertiary/aromatic N) is 2. The van der Waals surface area contributed by atoms with Gasteiger partial charge in [0.25, 0.3) is 5.91 Å².